The molecule has 0 saturated carbocycles. The van der Waals surface area contributed by atoms with E-state index < -0.39 is 11.7 Å². The van der Waals surface area contributed by atoms with Gasteiger partial charge in [-0.3, -0.25) is 9.59 Å². The number of nitrogens with zero attached hydrogens (tertiary/aromatic N) is 3. The molecule has 6 nitrogen and oxygen atoms in total. The zero-order chi connectivity index (χ0) is 14.8. The average molecular weight is 306 g/mol. The SMILES string of the molecule is O=C(Nc1nncs1)[C@H]1CC(=O)N(c2ccccc2F)C1. The molecule has 0 spiro atoms. The number of carbonyl (C=O) groups is 2. The van der Waals surface area contributed by atoms with Crippen LogP contribution >= 0.6 is 11.3 Å². The van der Waals surface area contributed by atoms with Gasteiger partial charge in [-0.15, -0.1) is 10.2 Å². The van der Waals surface area contributed by atoms with Gasteiger partial charge >= 0.3 is 0 Å². The molecule has 2 amide bonds. The topological polar surface area (TPSA) is 75.2 Å². The fourth-order valence-electron chi connectivity index (χ4n) is 2.22. The largest absolute Gasteiger partial charge is 0.309 e. The van der Waals surface area contributed by atoms with Crippen molar-refractivity contribution in [2.45, 2.75) is 6.42 Å². The highest BCUT2D eigenvalue weighted by Crippen LogP contribution is 2.28. The highest BCUT2D eigenvalue weighted by atomic mass is 32.1. The van der Waals surface area contributed by atoms with E-state index >= 15 is 0 Å². The lowest BCUT2D eigenvalue weighted by Crippen LogP contribution is -2.28. The summed E-state index contributed by atoms with van der Waals surface area (Å²) in [5.74, 6) is -1.58. The van der Waals surface area contributed by atoms with Crippen molar-refractivity contribution in [3.63, 3.8) is 0 Å². The first kappa shape index (κ1) is 13.6. The van der Waals surface area contributed by atoms with E-state index in [-0.39, 0.29) is 30.5 Å². The Morgan fingerprint density at radius 3 is 2.95 bits per heavy atom. The Bertz CT molecular complexity index is 677. The number of hydrogen-bond donors (Lipinski definition) is 1. The Balaban J connectivity index is 1.73. The van der Waals surface area contributed by atoms with Crippen molar-refractivity contribution in [1.82, 2.24) is 10.2 Å². The number of para-hydroxylation sites is 1. The fourth-order valence-corrected chi connectivity index (χ4v) is 2.67. The molecule has 21 heavy (non-hydrogen) atoms. The standard InChI is InChI=1S/C13H11FN4O2S/c14-9-3-1-2-4-10(9)18-6-8(5-11(18)19)12(20)16-13-17-15-7-21-13/h1-4,7-8H,5-6H2,(H,16,17,20)/t8-/m0/s1. The first-order chi connectivity index (χ1) is 10.1. The van der Waals surface area contributed by atoms with E-state index in [1.807, 2.05) is 0 Å². The Morgan fingerprint density at radius 1 is 1.43 bits per heavy atom. The van der Waals surface area contributed by atoms with Gasteiger partial charge in [0.25, 0.3) is 0 Å². The second-order valence-corrected chi connectivity index (χ2v) is 5.42. The van der Waals surface area contributed by atoms with Gasteiger partial charge in [0.1, 0.15) is 11.3 Å². The number of anilines is 2. The van der Waals surface area contributed by atoms with Gasteiger partial charge in [0.2, 0.25) is 16.9 Å². The number of benzene rings is 1. The van der Waals surface area contributed by atoms with Crippen LogP contribution in [0, 0.1) is 11.7 Å². The van der Waals surface area contributed by atoms with Crippen molar-refractivity contribution in [1.29, 1.82) is 0 Å². The predicted octanol–water partition coefficient (Wildman–Crippen LogP) is 1.67. The van der Waals surface area contributed by atoms with Crippen LogP contribution in [-0.2, 0) is 9.59 Å². The van der Waals surface area contributed by atoms with E-state index in [2.05, 4.69) is 15.5 Å². The molecule has 0 bridgehead atoms. The lowest BCUT2D eigenvalue weighted by Gasteiger charge is -2.17. The number of amides is 2. The Kier molecular flexibility index (Phi) is 3.61. The predicted molar refractivity (Wildman–Crippen MR) is 75.4 cm³/mol. The summed E-state index contributed by atoms with van der Waals surface area (Å²) in [6.07, 6.45) is 0.0545. The van der Waals surface area contributed by atoms with Crippen LogP contribution in [0.25, 0.3) is 0 Å². The molecular formula is C13H11FN4O2S. The van der Waals surface area contributed by atoms with Crippen LogP contribution in [0.5, 0.6) is 0 Å². The number of carbonyl (C=O) groups excluding carboxylic acids is 2. The average Bonchev–Trinajstić information content (AvgIpc) is 3.09. The third-order valence-corrected chi connectivity index (χ3v) is 3.84. The van der Waals surface area contributed by atoms with Gasteiger partial charge in [0.15, 0.2) is 0 Å². The minimum atomic E-state index is -0.527. The van der Waals surface area contributed by atoms with Crippen molar-refractivity contribution >= 4 is 34.0 Å². The second-order valence-electron chi connectivity index (χ2n) is 4.59. The number of hydrogen-bond acceptors (Lipinski definition) is 5. The van der Waals surface area contributed by atoms with Crippen molar-refractivity contribution in [2.24, 2.45) is 5.92 Å². The maximum absolute atomic E-state index is 13.7. The molecule has 1 atom stereocenters. The van der Waals surface area contributed by atoms with E-state index in [1.165, 1.54) is 33.9 Å². The Hall–Kier alpha value is -2.35. The molecule has 1 N–H and O–H groups in total. The summed E-state index contributed by atoms with van der Waals surface area (Å²) in [5.41, 5.74) is 1.70. The van der Waals surface area contributed by atoms with Crippen LogP contribution in [0.15, 0.2) is 29.8 Å². The van der Waals surface area contributed by atoms with Gasteiger partial charge in [-0.2, -0.15) is 0 Å². The third kappa shape index (κ3) is 2.75. The van der Waals surface area contributed by atoms with E-state index in [0.717, 1.165) is 0 Å². The van der Waals surface area contributed by atoms with Crippen LogP contribution in [-0.4, -0.2) is 28.6 Å². The van der Waals surface area contributed by atoms with Gasteiger partial charge in [0, 0.05) is 13.0 Å². The normalized spacial score (nSPS) is 18.0. The van der Waals surface area contributed by atoms with Crippen molar-refractivity contribution in [3.05, 3.63) is 35.6 Å². The molecule has 1 aliphatic rings. The number of nitrogens with one attached hydrogen (secondary N) is 1. The molecule has 1 aliphatic heterocycles. The van der Waals surface area contributed by atoms with Crippen LogP contribution < -0.4 is 10.2 Å². The molecule has 0 aliphatic carbocycles. The zero-order valence-electron chi connectivity index (χ0n) is 10.8. The molecule has 108 valence electrons. The van der Waals surface area contributed by atoms with Gasteiger partial charge in [0.05, 0.1) is 11.6 Å². The van der Waals surface area contributed by atoms with Crippen LogP contribution in [0.4, 0.5) is 15.2 Å². The monoisotopic (exact) mass is 306 g/mol. The minimum absolute atomic E-state index is 0.0545. The molecule has 1 saturated heterocycles. The smallest absolute Gasteiger partial charge is 0.231 e. The van der Waals surface area contributed by atoms with Crippen molar-refractivity contribution < 1.29 is 14.0 Å². The minimum Gasteiger partial charge on any atom is -0.309 e. The summed E-state index contributed by atoms with van der Waals surface area (Å²) in [7, 11) is 0. The lowest BCUT2D eigenvalue weighted by atomic mass is 10.1. The highest BCUT2D eigenvalue weighted by Gasteiger charge is 2.36. The second kappa shape index (κ2) is 5.57. The van der Waals surface area contributed by atoms with E-state index in [9.17, 15) is 14.0 Å². The number of halogens is 1. The maximum atomic E-state index is 13.7. The van der Waals surface area contributed by atoms with Crippen molar-refractivity contribution in [2.75, 3.05) is 16.8 Å². The molecule has 1 fully saturated rings. The molecular weight excluding hydrogens is 295 g/mol. The molecule has 2 heterocycles. The van der Waals surface area contributed by atoms with Gasteiger partial charge < -0.3 is 10.2 Å². The molecule has 1 aromatic carbocycles. The molecule has 8 heteroatoms. The summed E-state index contributed by atoms with van der Waals surface area (Å²) in [4.78, 5) is 25.4. The highest BCUT2D eigenvalue weighted by molar-refractivity contribution is 7.13. The molecule has 3 rings (SSSR count). The fraction of sp³-hybridized carbons (Fsp3) is 0.231. The lowest BCUT2D eigenvalue weighted by molar-refractivity contribution is -0.122. The van der Waals surface area contributed by atoms with Crippen LogP contribution in [0.1, 0.15) is 6.42 Å². The zero-order valence-corrected chi connectivity index (χ0v) is 11.6. The summed E-state index contributed by atoms with van der Waals surface area (Å²) >= 11 is 1.20. The Morgan fingerprint density at radius 2 is 2.24 bits per heavy atom. The first-order valence-corrected chi connectivity index (χ1v) is 7.15. The maximum Gasteiger partial charge on any atom is 0.231 e. The molecule has 0 unspecified atom stereocenters. The summed E-state index contributed by atoms with van der Waals surface area (Å²) in [6, 6.07) is 6.02. The van der Waals surface area contributed by atoms with Crippen LogP contribution in [0.3, 0.4) is 0 Å². The third-order valence-electron chi connectivity index (χ3n) is 3.23. The van der Waals surface area contributed by atoms with E-state index in [4.69, 9.17) is 0 Å². The van der Waals surface area contributed by atoms with E-state index in [0.29, 0.717) is 5.13 Å². The summed E-state index contributed by atoms with van der Waals surface area (Å²) < 4.78 is 13.7. The van der Waals surface area contributed by atoms with Crippen LogP contribution in [0.2, 0.25) is 0 Å². The summed E-state index contributed by atoms with van der Waals surface area (Å²) in [6.45, 7) is 0.157. The first-order valence-electron chi connectivity index (χ1n) is 6.27. The Labute approximate surface area is 123 Å². The molecule has 0 radical (unpaired) electrons. The number of rotatable bonds is 3. The van der Waals surface area contributed by atoms with Gasteiger partial charge in [-0.05, 0) is 12.1 Å². The van der Waals surface area contributed by atoms with Crippen molar-refractivity contribution in [3.8, 4) is 0 Å². The molecule has 1 aromatic heterocycles. The molecule has 2 aromatic rings. The summed E-state index contributed by atoms with van der Waals surface area (Å²) in [5, 5.41) is 10.3. The van der Waals surface area contributed by atoms with Gasteiger partial charge in [-0.1, -0.05) is 23.5 Å². The quantitative estimate of drug-likeness (QED) is 0.936. The van der Waals surface area contributed by atoms with Gasteiger partial charge in [-0.25, -0.2) is 4.39 Å². The number of aromatic nitrogens is 2. The van der Waals surface area contributed by atoms with E-state index in [1.54, 1.807) is 12.1 Å².